The van der Waals surface area contributed by atoms with Crippen LogP contribution in [0.15, 0.2) is 18.5 Å². The molecule has 1 heterocycles. The molecule has 0 aliphatic rings. The minimum absolute atomic E-state index is 0.0343. The van der Waals surface area contributed by atoms with E-state index in [4.69, 9.17) is 5.11 Å². The summed E-state index contributed by atoms with van der Waals surface area (Å²) in [6, 6.07) is 1.58. The maximum Gasteiger partial charge on any atom is 0.315 e. The fraction of sp³-hybridized carbons (Fsp3) is 0.615. The van der Waals surface area contributed by atoms with E-state index in [1.807, 2.05) is 12.3 Å². The topological polar surface area (TPSA) is 96.3 Å². The van der Waals surface area contributed by atoms with Crippen molar-refractivity contribution in [3.8, 4) is 0 Å². The number of carbonyl (C=O) groups is 2. The minimum atomic E-state index is -0.862. The van der Waals surface area contributed by atoms with Crippen molar-refractivity contribution in [2.45, 2.75) is 45.2 Å². The number of aromatic nitrogens is 2. The summed E-state index contributed by atoms with van der Waals surface area (Å²) in [5.74, 6) is -0.862. The molecule has 112 valence electrons. The normalized spacial score (nSPS) is 11.1. The van der Waals surface area contributed by atoms with Crippen LogP contribution in [0.5, 0.6) is 0 Å². The minimum Gasteiger partial charge on any atom is -0.481 e. The van der Waals surface area contributed by atoms with Gasteiger partial charge in [0, 0.05) is 37.4 Å². The van der Waals surface area contributed by atoms with Crippen molar-refractivity contribution >= 4 is 12.0 Å². The highest BCUT2D eigenvalue weighted by molar-refractivity contribution is 5.74. The summed E-state index contributed by atoms with van der Waals surface area (Å²) in [4.78, 5) is 22.2. The van der Waals surface area contributed by atoms with Gasteiger partial charge in [-0.15, -0.1) is 0 Å². The number of hydrogen-bond acceptors (Lipinski definition) is 3. The van der Waals surface area contributed by atoms with E-state index < -0.39 is 11.5 Å². The van der Waals surface area contributed by atoms with Crippen LogP contribution in [0.4, 0.5) is 4.79 Å². The van der Waals surface area contributed by atoms with Crippen molar-refractivity contribution in [1.29, 1.82) is 0 Å². The van der Waals surface area contributed by atoms with Gasteiger partial charge in [0.15, 0.2) is 0 Å². The number of urea groups is 1. The molecule has 7 nitrogen and oxygen atoms in total. The number of carboxylic acids is 1. The average molecular weight is 282 g/mol. The van der Waals surface area contributed by atoms with E-state index in [9.17, 15) is 9.59 Å². The molecule has 2 amide bonds. The van der Waals surface area contributed by atoms with Crippen molar-refractivity contribution in [2.24, 2.45) is 0 Å². The lowest BCUT2D eigenvalue weighted by molar-refractivity contribution is -0.137. The first-order valence-corrected chi connectivity index (χ1v) is 6.64. The number of nitrogens with one attached hydrogen (secondary N) is 2. The van der Waals surface area contributed by atoms with E-state index in [1.165, 1.54) is 0 Å². The Bertz CT molecular complexity index is 429. The number of hydrogen-bond donors (Lipinski definition) is 3. The van der Waals surface area contributed by atoms with Crippen LogP contribution in [0, 0.1) is 0 Å². The summed E-state index contributed by atoms with van der Waals surface area (Å²) in [5.41, 5.74) is -0.537. The summed E-state index contributed by atoms with van der Waals surface area (Å²) < 4.78 is 1.80. The second-order valence-electron chi connectivity index (χ2n) is 5.28. The highest BCUT2D eigenvalue weighted by atomic mass is 16.4. The molecule has 0 fully saturated rings. The van der Waals surface area contributed by atoms with Crippen molar-refractivity contribution in [3.63, 3.8) is 0 Å². The summed E-state index contributed by atoms with van der Waals surface area (Å²) in [6.07, 6.45) is 4.79. The van der Waals surface area contributed by atoms with Gasteiger partial charge in [0.2, 0.25) is 0 Å². The number of amides is 2. The first kappa shape index (κ1) is 16.0. The van der Waals surface area contributed by atoms with Crippen molar-refractivity contribution in [2.75, 3.05) is 6.54 Å². The Labute approximate surface area is 118 Å². The van der Waals surface area contributed by atoms with Gasteiger partial charge in [-0.1, -0.05) is 0 Å². The Kier molecular flexibility index (Phi) is 6.02. The van der Waals surface area contributed by atoms with E-state index >= 15 is 0 Å². The molecule has 0 atom stereocenters. The molecule has 1 aromatic rings. The van der Waals surface area contributed by atoms with Crippen molar-refractivity contribution in [1.82, 2.24) is 20.4 Å². The third-order valence-corrected chi connectivity index (χ3v) is 2.82. The largest absolute Gasteiger partial charge is 0.481 e. The van der Waals surface area contributed by atoms with Gasteiger partial charge >= 0.3 is 12.0 Å². The monoisotopic (exact) mass is 282 g/mol. The van der Waals surface area contributed by atoms with Crippen molar-refractivity contribution < 1.29 is 14.7 Å². The molecule has 1 rings (SSSR count). The molecule has 0 saturated carbocycles. The van der Waals surface area contributed by atoms with E-state index in [0.29, 0.717) is 13.0 Å². The second kappa shape index (κ2) is 7.52. The number of rotatable bonds is 8. The fourth-order valence-corrected chi connectivity index (χ4v) is 1.71. The van der Waals surface area contributed by atoms with E-state index in [0.717, 1.165) is 13.0 Å². The SMILES string of the molecule is CC(C)(CCC(=O)O)NC(=O)NCCCn1cccn1. The predicted molar refractivity (Wildman–Crippen MR) is 74.3 cm³/mol. The van der Waals surface area contributed by atoms with Gasteiger partial charge in [-0.05, 0) is 32.8 Å². The number of carbonyl (C=O) groups excluding carboxylic acids is 1. The van der Waals surface area contributed by atoms with Crippen LogP contribution in [-0.2, 0) is 11.3 Å². The lowest BCUT2D eigenvalue weighted by Crippen LogP contribution is -2.48. The van der Waals surface area contributed by atoms with Gasteiger partial charge in [0.1, 0.15) is 0 Å². The predicted octanol–water partition coefficient (Wildman–Crippen LogP) is 1.22. The van der Waals surface area contributed by atoms with Crippen LogP contribution in [0.25, 0.3) is 0 Å². The van der Waals surface area contributed by atoms with Gasteiger partial charge < -0.3 is 15.7 Å². The zero-order valence-corrected chi connectivity index (χ0v) is 11.9. The molecule has 0 unspecified atom stereocenters. The van der Waals surface area contributed by atoms with E-state index in [2.05, 4.69) is 15.7 Å². The Balaban J connectivity index is 2.17. The zero-order valence-electron chi connectivity index (χ0n) is 11.9. The summed E-state index contributed by atoms with van der Waals surface area (Å²) in [5, 5.41) is 18.2. The Hall–Kier alpha value is -2.05. The first-order valence-electron chi connectivity index (χ1n) is 6.64. The van der Waals surface area contributed by atoms with Crippen LogP contribution in [0.2, 0.25) is 0 Å². The lowest BCUT2D eigenvalue weighted by atomic mass is 9.99. The Morgan fingerprint density at radius 2 is 2.15 bits per heavy atom. The molecule has 0 saturated heterocycles. The summed E-state index contributed by atoms with van der Waals surface area (Å²) >= 11 is 0. The molecule has 20 heavy (non-hydrogen) atoms. The lowest BCUT2D eigenvalue weighted by Gasteiger charge is -2.25. The maximum absolute atomic E-state index is 11.7. The average Bonchev–Trinajstić information content (AvgIpc) is 2.85. The molecule has 0 radical (unpaired) electrons. The van der Waals surface area contributed by atoms with Gasteiger partial charge in [-0.25, -0.2) is 4.79 Å². The number of carboxylic acid groups (broad SMARTS) is 1. The molecular formula is C13H22N4O3. The van der Waals surface area contributed by atoms with Gasteiger partial charge in [0.05, 0.1) is 0 Å². The molecule has 0 aliphatic carbocycles. The molecule has 0 aromatic carbocycles. The highest BCUT2D eigenvalue weighted by Gasteiger charge is 2.21. The Morgan fingerprint density at radius 1 is 1.40 bits per heavy atom. The summed E-state index contributed by atoms with van der Waals surface area (Å²) in [6.45, 7) is 4.90. The quantitative estimate of drug-likeness (QED) is 0.624. The molecule has 0 aliphatic heterocycles. The molecular weight excluding hydrogens is 260 g/mol. The molecule has 1 aromatic heterocycles. The molecule has 7 heteroatoms. The summed E-state index contributed by atoms with van der Waals surface area (Å²) in [7, 11) is 0. The van der Waals surface area contributed by atoms with Gasteiger partial charge in [-0.2, -0.15) is 5.10 Å². The van der Waals surface area contributed by atoms with E-state index in [1.54, 1.807) is 24.7 Å². The van der Waals surface area contributed by atoms with Gasteiger partial charge in [0.25, 0.3) is 0 Å². The Morgan fingerprint density at radius 3 is 2.75 bits per heavy atom. The van der Waals surface area contributed by atoms with Gasteiger partial charge in [-0.3, -0.25) is 9.48 Å². The maximum atomic E-state index is 11.7. The third kappa shape index (κ3) is 6.77. The van der Waals surface area contributed by atoms with Crippen LogP contribution in [-0.4, -0.2) is 39.0 Å². The number of nitrogens with zero attached hydrogens (tertiary/aromatic N) is 2. The van der Waals surface area contributed by atoms with Crippen LogP contribution in [0.1, 0.15) is 33.1 Å². The van der Waals surface area contributed by atoms with Crippen LogP contribution < -0.4 is 10.6 Å². The number of aliphatic carboxylic acids is 1. The fourth-order valence-electron chi connectivity index (χ4n) is 1.71. The van der Waals surface area contributed by atoms with Crippen LogP contribution >= 0.6 is 0 Å². The number of aryl methyl sites for hydroxylation is 1. The van der Waals surface area contributed by atoms with Crippen molar-refractivity contribution in [3.05, 3.63) is 18.5 Å². The molecule has 0 bridgehead atoms. The third-order valence-electron chi connectivity index (χ3n) is 2.82. The second-order valence-corrected chi connectivity index (χ2v) is 5.28. The first-order chi connectivity index (χ1) is 9.39. The van der Waals surface area contributed by atoms with E-state index in [-0.39, 0.29) is 12.5 Å². The molecule has 0 spiro atoms. The van der Waals surface area contributed by atoms with Crippen LogP contribution in [0.3, 0.4) is 0 Å². The zero-order chi connectivity index (χ0) is 15.0. The standard InChI is InChI=1S/C13H22N4O3/c1-13(2,6-5-11(18)19)16-12(20)14-7-3-9-17-10-4-8-15-17/h4,8,10H,3,5-7,9H2,1-2H3,(H,18,19)(H2,14,16,20). The molecule has 3 N–H and O–H groups in total. The highest BCUT2D eigenvalue weighted by Crippen LogP contribution is 2.10. The smallest absolute Gasteiger partial charge is 0.315 e.